The maximum Gasteiger partial charge on any atom is 0.225 e. The van der Waals surface area contributed by atoms with Gasteiger partial charge in [-0.05, 0) is 61.9 Å². The van der Waals surface area contributed by atoms with Gasteiger partial charge in [0, 0.05) is 36.6 Å². The highest BCUT2D eigenvalue weighted by Gasteiger charge is 2.22. The van der Waals surface area contributed by atoms with Crippen molar-refractivity contribution in [2.24, 2.45) is 5.92 Å². The van der Waals surface area contributed by atoms with Gasteiger partial charge in [-0.2, -0.15) is 4.98 Å². The highest BCUT2D eigenvalue weighted by atomic mass is 79.9. The molecule has 4 rings (SSSR count). The largest absolute Gasteiger partial charge is 0.362 e. The topological polar surface area (TPSA) is 53.1 Å². The van der Waals surface area contributed by atoms with E-state index in [0.29, 0.717) is 6.04 Å². The number of para-hydroxylation sites is 1. The van der Waals surface area contributed by atoms with Crippen LogP contribution < -0.4 is 15.5 Å². The van der Waals surface area contributed by atoms with Gasteiger partial charge >= 0.3 is 0 Å². The summed E-state index contributed by atoms with van der Waals surface area (Å²) in [6, 6.07) is 19.1. The van der Waals surface area contributed by atoms with Crippen molar-refractivity contribution in [3.63, 3.8) is 0 Å². The molecule has 0 saturated heterocycles. The fraction of sp³-hybridized carbons (Fsp3) is 0.385. The average molecular weight is 494 g/mol. The number of hydrogen-bond donors (Lipinski definition) is 2. The average Bonchev–Trinajstić information content (AvgIpc) is 2.80. The van der Waals surface area contributed by atoms with Crippen molar-refractivity contribution in [1.29, 1.82) is 0 Å². The molecule has 1 aromatic heterocycles. The Bertz CT molecular complexity index is 1040. The van der Waals surface area contributed by atoms with E-state index in [1.54, 1.807) is 0 Å². The van der Waals surface area contributed by atoms with Crippen LogP contribution in [0.4, 0.5) is 11.8 Å². The molecule has 2 N–H and O–H groups in total. The summed E-state index contributed by atoms with van der Waals surface area (Å²) in [6.07, 6.45) is 6.93. The van der Waals surface area contributed by atoms with E-state index >= 15 is 0 Å². The first-order valence-corrected chi connectivity index (χ1v) is 12.2. The van der Waals surface area contributed by atoms with Crippen molar-refractivity contribution in [2.45, 2.75) is 31.7 Å². The first-order valence-electron chi connectivity index (χ1n) is 11.4. The fourth-order valence-corrected chi connectivity index (χ4v) is 4.80. The number of nitrogens with zero attached hydrogens (tertiary/aromatic N) is 3. The lowest BCUT2D eigenvalue weighted by Crippen LogP contribution is -2.32. The van der Waals surface area contributed by atoms with Crippen molar-refractivity contribution in [1.82, 2.24) is 15.3 Å². The Hall–Kier alpha value is -2.44. The Labute approximate surface area is 199 Å². The molecule has 1 heterocycles. The Balaban J connectivity index is 1.26. The Kier molecular flexibility index (Phi) is 7.76. The molecular formula is C26H32BrN5. The highest BCUT2D eigenvalue weighted by Crippen LogP contribution is 2.28. The van der Waals surface area contributed by atoms with Crippen molar-refractivity contribution in [2.75, 3.05) is 37.4 Å². The Morgan fingerprint density at radius 2 is 1.72 bits per heavy atom. The van der Waals surface area contributed by atoms with Crippen LogP contribution >= 0.6 is 15.9 Å². The minimum Gasteiger partial charge on any atom is -0.362 e. The molecule has 1 saturated carbocycles. The summed E-state index contributed by atoms with van der Waals surface area (Å²) in [7, 11) is 4.06. The third kappa shape index (κ3) is 6.08. The summed E-state index contributed by atoms with van der Waals surface area (Å²) in [4.78, 5) is 11.6. The molecule has 0 amide bonds. The summed E-state index contributed by atoms with van der Waals surface area (Å²) < 4.78 is 1.18. The third-order valence-corrected chi connectivity index (χ3v) is 6.55. The monoisotopic (exact) mass is 493 g/mol. The van der Waals surface area contributed by atoms with Crippen LogP contribution in [0.15, 0.2) is 59.1 Å². The van der Waals surface area contributed by atoms with E-state index in [1.165, 1.54) is 22.9 Å². The fourth-order valence-electron chi connectivity index (χ4n) is 4.34. The SMILES string of the molecule is CN(C)c1nc(NC2CCC(CNCC(Br)=Cc3ccccc3)CC2)nc2ccccc12. The van der Waals surface area contributed by atoms with E-state index in [2.05, 4.69) is 73.9 Å². The Morgan fingerprint density at radius 1 is 1.00 bits per heavy atom. The van der Waals surface area contributed by atoms with Crippen molar-refractivity contribution in [3.05, 3.63) is 64.6 Å². The molecule has 168 valence electrons. The van der Waals surface area contributed by atoms with Crippen LogP contribution in [0.25, 0.3) is 17.0 Å². The first-order chi connectivity index (χ1) is 15.6. The van der Waals surface area contributed by atoms with Crippen LogP contribution in [0, 0.1) is 5.92 Å². The number of benzene rings is 2. The second-order valence-corrected chi connectivity index (χ2v) is 9.80. The predicted molar refractivity (Wildman–Crippen MR) is 139 cm³/mol. The number of nitrogens with one attached hydrogen (secondary N) is 2. The van der Waals surface area contributed by atoms with Gasteiger partial charge in [-0.3, -0.25) is 0 Å². The number of halogens is 1. The van der Waals surface area contributed by atoms with Crippen LogP contribution in [-0.2, 0) is 0 Å². The minimum absolute atomic E-state index is 0.437. The second kappa shape index (κ2) is 10.9. The zero-order valence-electron chi connectivity index (χ0n) is 18.9. The zero-order chi connectivity index (χ0) is 22.3. The van der Waals surface area contributed by atoms with E-state index in [0.717, 1.165) is 54.5 Å². The van der Waals surface area contributed by atoms with E-state index in [-0.39, 0.29) is 0 Å². The van der Waals surface area contributed by atoms with Gasteiger partial charge in [0.25, 0.3) is 0 Å². The summed E-state index contributed by atoms with van der Waals surface area (Å²) >= 11 is 3.69. The normalized spacial score (nSPS) is 19.2. The maximum atomic E-state index is 4.80. The summed E-state index contributed by atoms with van der Waals surface area (Å²) in [5.41, 5.74) is 2.21. The molecule has 5 nitrogen and oxygen atoms in total. The molecular weight excluding hydrogens is 462 g/mol. The number of aromatic nitrogens is 2. The summed E-state index contributed by atoms with van der Waals surface area (Å²) in [6.45, 7) is 1.92. The van der Waals surface area contributed by atoms with Crippen LogP contribution in [-0.4, -0.2) is 43.2 Å². The van der Waals surface area contributed by atoms with Gasteiger partial charge in [0.05, 0.1) is 5.52 Å². The lowest BCUT2D eigenvalue weighted by Gasteiger charge is -2.29. The van der Waals surface area contributed by atoms with E-state index in [1.807, 2.05) is 32.3 Å². The van der Waals surface area contributed by atoms with Gasteiger partial charge in [0.2, 0.25) is 5.95 Å². The van der Waals surface area contributed by atoms with Gasteiger partial charge in [0.1, 0.15) is 5.82 Å². The zero-order valence-corrected chi connectivity index (χ0v) is 20.5. The standard InChI is InChI=1S/C26H32BrN5/c1-32(2)25-23-10-6-7-11-24(23)30-26(31-25)29-22-14-12-20(13-15-22)17-28-18-21(27)16-19-8-4-3-5-9-19/h3-11,16,20,22,28H,12-15,17-18H2,1-2H3,(H,29,30,31). The van der Waals surface area contributed by atoms with Crippen LogP contribution in [0.2, 0.25) is 0 Å². The number of fused-ring (bicyclic) bond motifs is 1. The predicted octanol–water partition coefficient (Wildman–Crippen LogP) is 5.69. The minimum atomic E-state index is 0.437. The lowest BCUT2D eigenvalue weighted by atomic mass is 9.86. The third-order valence-electron chi connectivity index (χ3n) is 6.04. The quantitative estimate of drug-likeness (QED) is 0.421. The molecule has 0 atom stereocenters. The van der Waals surface area contributed by atoms with Gasteiger partial charge in [-0.15, -0.1) is 0 Å². The van der Waals surface area contributed by atoms with Crippen molar-refractivity contribution >= 4 is 44.7 Å². The Morgan fingerprint density at radius 3 is 2.47 bits per heavy atom. The molecule has 32 heavy (non-hydrogen) atoms. The first kappa shape index (κ1) is 22.7. The number of hydrogen-bond acceptors (Lipinski definition) is 5. The van der Waals surface area contributed by atoms with Gasteiger partial charge in [-0.1, -0.05) is 58.4 Å². The molecule has 1 fully saturated rings. The molecule has 1 aliphatic carbocycles. The number of anilines is 2. The van der Waals surface area contributed by atoms with E-state index in [4.69, 9.17) is 9.97 Å². The van der Waals surface area contributed by atoms with E-state index in [9.17, 15) is 0 Å². The van der Waals surface area contributed by atoms with Gasteiger partial charge in [0.15, 0.2) is 0 Å². The molecule has 0 bridgehead atoms. The molecule has 0 radical (unpaired) electrons. The molecule has 0 aliphatic heterocycles. The highest BCUT2D eigenvalue weighted by molar-refractivity contribution is 9.11. The molecule has 0 spiro atoms. The van der Waals surface area contributed by atoms with Gasteiger partial charge in [-0.25, -0.2) is 4.98 Å². The smallest absolute Gasteiger partial charge is 0.225 e. The van der Waals surface area contributed by atoms with E-state index < -0.39 is 0 Å². The lowest BCUT2D eigenvalue weighted by molar-refractivity contribution is 0.327. The number of rotatable bonds is 8. The molecule has 6 heteroatoms. The molecule has 2 aromatic carbocycles. The molecule has 0 unspecified atom stereocenters. The summed E-state index contributed by atoms with van der Waals surface area (Å²) in [5.74, 6) is 2.43. The van der Waals surface area contributed by atoms with Crippen molar-refractivity contribution < 1.29 is 0 Å². The van der Waals surface area contributed by atoms with Crippen molar-refractivity contribution in [3.8, 4) is 0 Å². The maximum absolute atomic E-state index is 4.80. The summed E-state index contributed by atoms with van der Waals surface area (Å²) in [5, 5.41) is 8.31. The second-order valence-electron chi connectivity index (χ2n) is 8.78. The van der Waals surface area contributed by atoms with Crippen LogP contribution in [0.5, 0.6) is 0 Å². The van der Waals surface area contributed by atoms with Crippen LogP contribution in [0.3, 0.4) is 0 Å². The molecule has 1 aliphatic rings. The van der Waals surface area contributed by atoms with Crippen LogP contribution in [0.1, 0.15) is 31.2 Å². The van der Waals surface area contributed by atoms with Gasteiger partial charge < -0.3 is 15.5 Å². The molecule has 3 aromatic rings.